The van der Waals surface area contributed by atoms with Crippen LogP contribution >= 0.6 is 0 Å². The van der Waals surface area contributed by atoms with Gasteiger partial charge in [0.25, 0.3) is 5.91 Å². The van der Waals surface area contributed by atoms with Crippen LogP contribution in [0.15, 0.2) is 24.4 Å². The Kier molecular flexibility index (Phi) is 3.90. The summed E-state index contributed by atoms with van der Waals surface area (Å²) in [6.45, 7) is 1.71. The molecule has 0 fully saturated rings. The van der Waals surface area contributed by atoms with Gasteiger partial charge in [0.2, 0.25) is 0 Å². The number of rotatable bonds is 2. The summed E-state index contributed by atoms with van der Waals surface area (Å²) in [4.78, 5) is 11.7. The van der Waals surface area contributed by atoms with Crippen LogP contribution in [-0.2, 0) is 0 Å². The Balaban J connectivity index is 2.14. The van der Waals surface area contributed by atoms with Gasteiger partial charge in [-0.15, -0.1) is 0 Å². The first-order valence-corrected chi connectivity index (χ1v) is 5.58. The molecule has 1 aromatic heterocycles. The predicted molar refractivity (Wildman–Crippen MR) is 69.5 cm³/mol. The average Bonchev–Trinajstić information content (AvgIpc) is 2.92. The third kappa shape index (κ3) is 3.18. The number of H-pyrrole nitrogens is 1. The van der Waals surface area contributed by atoms with Gasteiger partial charge in [0.1, 0.15) is 6.61 Å². The molecule has 0 saturated carbocycles. The summed E-state index contributed by atoms with van der Waals surface area (Å²) in [6.07, 6.45) is 1.35. The van der Waals surface area contributed by atoms with E-state index in [1.54, 1.807) is 18.2 Å². The van der Waals surface area contributed by atoms with Crippen LogP contribution in [0.3, 0.4) is 0 Å². The van der Waals surface area contributed by atoms with Crippen molar-refractivity contribution >= 4 is 11.6 Å². The summed E-state index contributed by atoms with van der Waals surface area (Å²) < 4.78 is 0. The maximum absolute atomic E-state index is 11.7. The molecule has 6 heteroatoms. The molecule has 0 aliphatic heterocycles. The predicted octanol–water partition coefficient (Wildman–Crippen LogP) is 0.709. The molecule has 0 atom stereocenters. The quantitative estimate of drug-likeness (QED) is 0.690. The molecule has 1 amide bonds. The highest BCUT2D eigenvalue weighted by Crippen LogP contribution is 2.15. The largest absolute Gasteiger partial charge is 0.384 e. The fourth-order valence-corrected chi connectivity index (χ4v) is 1.52. The molecular formula is C13H12N4O2. The van der Waals surface area contributed by atoms with Gasteiger partial charge in [-0.25, -0.2) is 0 Å². The lowest BCUT2D eigenvalue weighted by Crippen LogP contribution is -2.12. The van der Waals surface area contributed by atoms with Crippen LogP contribution < -0.4 is 5.32 Å². The Morgan fingerprint density at radius 3 is 3.00 bits per heavy atom. The van der Waals surface area contributed by atoms with Crippen molar-refractivity contribution in [1.82, 2.24) is 15.4 Å². The first-order valence-electron chi connectivity index (χ1n) is 5.58. The van der Waals surface area contributed by atoms with Crippen LogP contribution in [-0.4, -0.2) is 33.0 Å². The second kappa shape index (κ2) is 5.80. The zero-order valence-electron chi connectivity index (χ0n) is 10.3. The molecule has 0 aliphatic rings. The molecule has 0 bridgehead atoms. The van der Waals surface area contributed by atoms with E-state index in [4.69, 9.17) is 5.11 Å². The zero-order chi connectivity index (χ0) is 13.7. The van der Waals surface area contributed by atoms with Crippen LogP contribution in [0.5, 0.6) is 0 Å². The number of aromatic nitrogens is 3. The number of aryl methyl sites for hydroxylation is 1. The SMILES string of the molecule is Cc1cc(NC(=O)c2cn[nH]n2)ccc1C#CCO. The maximum atomic E-state index is 11.7. The molecule has 2 aromatic rings. The van der Waals surface area contributed by atoms with Crippen LogP contribution in [0, 0.1) is 18.8 Å². The van der Waals surface area contributed by atoms with Gasteiger partial charge in [-0.2, -0.15) is 15.4 Å². The Bertz CT molecular complexity index is 638. The van der Waals surface area contributed by atoms with Gasteiger partial charge in [0, 0.05) is 11.3 Å². The van der Waals surface area contributed by atoms with Gasteiger partial charge in [-0.1, -0.05) is 11.8 Å². The molecule has 0 unspecified atom stereocenters. The number of nitrogens with one attached hydrogen (secondary N) is 2. The highest BCUT2D eigenvalue weighted by Gasteiger charge is 2.09. The van der Waals surface area contributed by atoms with Crippen molar-refractivity contribution in [1.29, 1.82) is 0 Å². The van der Waals surface area contributed by atoms with Gasteiger partial charge >= 0.3 is 0 Å². The molecule has 1 aromatic carbocycles. The molecule has 3 N–H and O–H groups in total. The van der Waals surface area contributed by atoms with Gasteiger partial charge in [0.05, 0.1) is 6.20 Å². The van der Waals surface area contributed by atoms with Crippen molar-refractivity contribution in [3.8, 4) is 11.8 Å². The number of amides is 1. The number of anilines is 1. The Morgan fingerprint density at radius 2 is 2.37 bits per heavy atom. The van der Waals surface area contributed by atoms with E-state index in [0.29, 0.717) is 5.69 Å². The van der Waals surface area contributed by atoms with Crippen LogP contribution in [0.1, 0.15) is 21.6 Å². The molecule has 19 heavy (non-hydrogen) atoms. The number of aliphatic hydroxyl groups is 1. The lowest BCUT2D eigenvalue weighted by atomic mass is 10.1. The van der Waals surface area contributed by atoms with E-state index < -0.39 is 0 Å². The summed E-state index contributed by atoms with van der Waals surface area (Å²) in [5.41, 5.74) is 2.61. The maximum Gasteiger partial charge on any atom is 0.277 e. The molecule has 1 heterocycles. The lowest BCUT2D eigenvalue weighted by molar-refractivity contribution is 0.102. The number of carbonyl (C=O) groups is 1. The highest BCUT2D eigenvalue weighted by molar-refractivity contribution is 6.02. The molecule has 0 saturated heterocycles. The number of hydrogen-bond donors (Lipinski definition) is 3. The Morgan fingerprint density at radius 1 is 1.53 bits per heavy atom. The summed E-state index contributed by atoms with van der Waals surface area (Å²) in [5, 5.41) is 21.0. The number of aliphatic hydroxyl groups excluding tert-OH is 1. The number of carbonyl (C=O) groups excluding carboxylic acids is 1. The van der Waals surface area contributed by atoms with E-state index in [2.05, 4.69) is 32.6 Å². The minimum absolute atomic E-state index is 0.177. The van der Waals surface area contributed by atoms with Crippen molar-refractivity contribution in [2.75, 3.05) is 11.9 Å². The van der Waals surface area contributed by atoms with E-state index in [0.717, 1.165) is 11.1 Å². The number of aromatic amines is 1. The smallest absolute Gasteiger partial charge is 0.277 e. The number of hydrogen-bond acceptors (Lipinski definition) is 4. The van der Waals surface area contributed by atoms with Crippen molar-refractivity contribution in [2.24, 2.45) is 0 Å². The van der Waals surface area contributed by atoms with Crippen LogP contribution in [0.25, 0.3) is 0 Å². The van der Waals surface area contributed by atoms with Gasteiger partial charge < -0.3 is 10.4 Å². The first kappa shape index (κ1) is 12.8. The molecular weight excluding hydrogens is 244 g/mol. The normalized spacial score (nSPS) is 9.58. The molecule has 0 aliphatic carbocycles. The molecule has 0 radical (unpaired) electrons. The Labute approximate surface area is 109 Å². The average molecular weight is 256 g/mol. The van der Waals surface area contributed by atoms with Crippen molar-refractivity contribution in [3.05, 3.63) is 41.2 Å². The number of nitrogens with zero attached hydrogens (tertiary/aromatic N) is 2. The number of benzene rings is 1. The molecule has 0 spiro atoms. The third-order valence-electron chi connectivity index (χ3n) is 2.43. The summed E-state index contributed by atoms with van der Waals surface area (Å²) >= 11 is 0. The van der Waals surface area contributed by atoms with E-state index >= 15 is 0 Å². The van der Waals surface area contributed by atoms with Crippen LogP contribution in [0.2, 0.25) is 0 Å². The molecule has 2 rings (SSSR count). The monoisotopic (exact) mass is 256 g/mol. The molecule has 96 valence electrons. The van der Waals surface area contributed by atoms with Crippen molar-refractivity contribution in [3.63, 3.8) is 0 Å². The van der Waals surface area contributed by atoms with Gasteiger partial charge in [-0.05, 0) is 30.7 Å². The summed E-state index contributed by atoms with van der Waals surface area (Å²) in [5.74, 6) is 5.08. The second-order valence-electron chi connectivity index (χ2n) is 3.80. The highest BCUT2D eigenvalue weighted by atomic mass is 16.2. The minimum atomic E-state index is -0.331. The van der Waals surface area contributed by atoms with Crippen molar-refractivity contribution in [2.45, 2.75) is 6.92 Å². The van der Waals surface area contributed by atoms with Crippen LogP contribution in [0.4, 0.5) is 5.69 Å². The van der Waals surface area contributed by atoms with E-state index in [1.165, 1.54) is 6.20 Å². The first-order chi connectivity index (χ1) is 9.20. The minimum Gasteiger partial charge on any atom is -0.384 e. The van der Waals surface area contributed by atoms with Gasteiger partial charge in [-0.3, -0.25) is 4.79 Å². The standard InChI is InChI=1S/C13H12N4O2/c1-9-7-11(5-4-10(9)3-2-6-18)15-13(19)12-8-14-17-16-12/h4-5,7-8,18H,6H2,1H3,(H,15,19)(H,14,16,17). The zero-order valence-corrected chi connectivity index (χ0v) is 10.3. The fourth-order valence-electron chi connectivity index (χ4n) is 1.52. The fraction of sp³-hybridized carbons (Fsp3) is 0.154. The van der Waals surface area contributed by atoms with Crippen molar-refractivity contribution < 1.29 is 9.90 Å². The molecule has 6 nitrogen and oxygen atoms in total. The second-order valence-corrected chi connectivity index (χ2v) is 3.80. The topological polar surface area (TPSA) is 90.9 Å². The van der Waals surface area contributed by atoms with E-state index in [1.807, 2.05) is 6.92 Å². The third-order valence-corrected chi connectivity index (χ3v) is 2.43. The lowest BCUT2D eigenvalue weighted by Gasteiger charge is -2.05. The van der Waals surface area contributed by atoms with E-state index in [-0.39, 0.29) is 18.2 Å². The summed E-state index contributed by atoms with van der Waals surface area (Å²) in [7, 11) is 0. The summed E-state index contributed by atoms with van der Waals surface area (Å²) in [6, 6.07) is 5.34. The van der Waals surface area contributed by atoms with E-state index in [9.17, 15) is 4.79 Å². The Hall–Kier alpha value is -2.65. The van der Waals surface area contributed by atoms with Gasteiger partial charge in [0.15, 0.2) is 5.69 Å².